The van der Waals surface area contributed by atoms with Crippen molar-refractivity contribution in [1.29, 1.82) is 0 Å². The first kappa shape index (κ1) is 23.1. The molecule has 0 amide bonds. The largest absolute Gasteiger partial charge is 0.497 e. The van der Waals surface area contributed by atoms with Crippen LogP contribution in [-0.2, 0) is 16.4 Å². The highest BCUT2D eigenvalue weighted by molar-refractivity contribution is 7.91. The molecule has 4 rings (SSSR count). The van der Waals surface area contributed by atoms with Crippen LogP contribution in [0.2, 0.25) is 0 Å². The third-order valence-corrected chi connectivity index (χ3v) is 7.00. The molecule has 0 aliphatic carbocycles. The number of methoxy groups -OCH3 is 1. The summed E-state index contributed by atoms with van der Waals surface area (Å²) < 4.78 is 37.2. The summed E-state index contributed by atoms with van der Waals surface area (Å²) in [6.07, 6.45) is 2.91. The number of anilines is 1. The zero-order valence-electron chi connectivity index (χ0n) is 18.5. The molecule has 0 fully saturated rings. The Morgan fingerprint density at radius 1 is 1.12 bits per heavy atom. The van der Waals surface area contributed by atoms with Gasteiger partial charge in [0.05, 0.1) is 29.5 Å². The zero-order valence-corrected chi connectivity index (χ0v) is 19.3. The molecule has 2 heterocycles. The predicted molar refractivity (Wildman–Crippen MR) is 126 cm³/mol. The lowest BCUT2D eigenvalue weighted by Gasteiger charge is -2.16. The van der Waals surface area contributed by atoms with Crippen molar-refractivity contribution in [1.82, 2.24) is 4.98 Å². The van der Waals surface area contributed by atoms with Crippen molar-refractivity contribution >= 4 is 21.5 Å². The van der Waals surface area contributed by atoms with Gasteiger partial charge in [0.15, 0.2) is 5.03 Å². The molecule has 0 atom stereocenters. The number of hydrogen-bond acceptors (Lipinski definition) is 7. The molecule has 8 nitrogen and oxygen atoms in total. The van der Waals surface area contributed by atoms with Crippen LogP contribution in [0, 0.1) is 6.92 Å². The van der Waals surface area contributed by atoms with E-state index in [1.165, 1.54) is 31.7 Å². The fourth-order valence-electron chi connectivity index (χ4n) is 3.62. The maximum Gasteiger partial charge on any atom is 0.337 e. The average Bonchev–Trinajstić information content (AvgIpc) is 3.38. The molecule has 4 aromatic rings. The number of rotatable bonds is 8. The normalized spacial score (nSPS) is 11.2. The minimum atomic E-state index is -3.93. The van der Waals surface area contributed by atoms with E-state index in [1.807, 2.05) is 6.07 Å². The third-order valence-electron chi connectivity index (χ3n) is 5.23. The highest BCUT2D eigenvalue weighted by Crippen LogP contribution is 2.34. The number of nitrogens with zero attached hydrogens (tertiary/aromatic N) is 1. The minimum Gasteiger partial charge on any atom is -0.497 e. The summed E-state index contributed by atoms with van der Waals surface area (Å²) in [5.74, 6) is -0.0878. The zero-order chi connectivity index (χ0) is 24.3. The Hall–Kier alpha value is -4.11. The van der Waals surface area contributed by atoms with Gasteiger partial charge in [-0.2, -0.15) is 0 Å². The maximum absolute atomic E-state index is 13.3. The number of carbonyl (C=O) groups is 1. The summed E-state index contributed by atoms with van der Waals surface area (Å²) >= 11 is 0. The SMILES string of the molecule is COc1ccc(S(=O)(=O)c2ncccc2CNc2c(C(=O)O)cc(C)cc2-c2ccco2)cc1. The van der Waals surface area contributed by atoms with E-state index in [0.29, 0.717) is 28.3 Å². The van der Waals surface area contributed by atoms with Crippen LogP contribution in [-0.4, -0.2) is 31.6 Å². The number of ether oxygens (including phenoxy) is 1. The van der Waals surface area contributed by atoms with Gasteiger partial charge in [0.1, 0.15) is 11.5 Å². The number of nitrogens with one attached hydrogen (secondary N) is 1. The van der Waals surface area contributed by atoms with Crippen molar-refractivity contribution < 1.29 is 27.5 Å². The van der Waals surface area contributed by atoms with Gasteiger partial charge in [0.25, 0.3) is 0 Å². The van der Waals surface area contributed by atoms with Crippen LogP contribution < -0.4 is 10.1 Å². The molecule has 2 aromatic carbocycles. The molecular weight excluding hydrogens is 456 g/mol. The van der Waals surface area contributed by atoms with Gasteiger partial charge in [-0.25, -0.2) is 18.2 Å². The topological polar surface area (TPSA) is 119 Å². The highest BCUT2D eigenvalue weighted by atomic mass is 32.2. The monoisotopic (exact) mass is 478 g/mol. The molecule has 0 unspecified atom stereocenters. The first-order valence-electron chi connectivity index (χ1n) is 10.3. The minimum absolute atomic E-state index is 0.0234. The molecule has 2 aromatic heterocycles. The fraction of sp³-hybridized carbons (Fsp3) is 0.120. The van der Waals surface area contributed by atoms with E-state index in [9.17, 15) is 18.3 Å². The Morgan fingerprint density at radius 3 is 2.53 bits per heavy atom. The third kappa shape index (κ3) is 4.51. The van der Waals surface area contributed by atoms with Crippen molar-refractivity contribution in [2.24, 2.45) is 0 Å². The van der Waals surface area contributed by atoms with Gasteiger partial charge in [-0.1, -0.05) is 6.07 Å². The van der Waals surface area contributed by atoms with E-state index >= 15 is 0 Å². The highest BCUT2D eigenvalue weighted by Gasteiger charge is 2.24. The summed E-state index contributed by atoms with van der Waals surface area (Å²) in [4.78, 5) is 16.2. The number of pyridine rings is 1. The first-order chi connectivity index (χ1) is 16.3. The number of aromatic nitrogens is 1. The van der Waals surface area contributed by atoms with Crippen molar-refractivity contribution in [3.63, 3.8) is 0 Å². The summed E-state index contributed by atoms with van der Waals surface area (Å²) in [5, 5.41) is 12.8. The van der Waals surface area contributed by atoms with E-state index in [-0.39, 0.29) is 22.0 Å². The van der Waals surface area contributed by atoms with Gasteiger partial charge in [-0.05, 0) is 67.1 Å². The molecule has 0 spiro atoms. The Bertz CT molecular complexity index is 1430. The Kier molecular flexibility index (Phi) is 6.38. The van der Waals surface area contributed by atoms with Crippen molar-refractivity contribution in [3.8, 4) is 17.1 Å². The summed E-state index contributed by atoms with van der Waals surface area (Å²) in [7, 11) is -2.43. The predicted octanol–water partition coefficient (Wildman–Crippen LogP) is 4.80. The molecule has 0 radical (unpaired) electrons. The number of carboxylic acids is 1. The Morgan fingerprint density at radius 2 is 1.88 bits per heavy atom. The van der Waals surface area contributed by atoms with Gasteiger partial charge in [0, 0.05) is 23.9 Å². The van der Waals surface area contributed by atoms with Crippen LogP contribution in [0.1, 0.15) is 21.5 Å². The standard InChI is InChI=1S/C25H22N2O6S/c1-16-13-20(22-6-4-12-33-22)23(21(14-16)25(28)29)27-15-17-5-3-11-26-24(17)34(30,31)19-9-7-18(32-2)8-10-19/h3-14,27H,15H2,1-2H3,(H,28,29). The fourth-order valence-corrected chi connectivity index (χ4v) is 5.03. The molecule has 0 aliphatic heterocycles. The molecule has 174 valence electrons. The molecule has 2 N–H and O–H groups in total. The second kappa shape index (κ2) is 9.40. The lowest BCUT2D eigenvalue weighted by Crippen LogP contribution is -2.13. The van der Waals surface area contributed by atoms with Gasteiger partial charge in [-0.3, -0.25) is 0 Å². The lowest BCUT2D eigenvalue weighted by molar-refractivity contribution is 0.0698. The van der Waals surface area contributed by atoms with E-state index in [1.54, 1.807) is 49.4 Å². The van der Waals surface area contributed by atoms with E-state index in [2.05, 4.69) is 10.3 Å². The number of benzene rings is 2. The molecule has 9 heteroatoms. The van der Waals surface area contributed by atoms with Crippen molar-refractivity contribution in [2.45, 2.75) is 23.4 Å². The number of hydrogen-bond donors (Lipinski definition) is 2. The Labute approximate surface area is 196 Å². The van der Waals surface area contributed by atoms with E-state index < -0.39 is 15.8 Å². The number of aromatic carboxylic acids is 1. The van der Waals surface area contributed by atoms with Gasteiger partial charge in [-0.15, -0.1) is 0 Å². The van der Waals surface area contributed by atoms with Gasteiger partial charge >= 0.3 is 5.97 Å². The number of sulfone groups is 1. The summed E-state index contributed by atoms with van der Waals surface area (Å²) in [6, 6.07) is 16.1. The number of carboxylic acid groups (broad SMARTS) is 1. The molecule has 34 heavy (non-hydrogen) atoms. The lowest BCUT2D eigenvalue weighted by atomic mass is 10.0. The quantitative estimate of drug-likeness (QED) is 0.371. The molecular formula is C25H22N2O6S. The summed E-state index contributed by atoms with van der Waals surface area (Å²) in [5.41, 5.74) is 2.07. The number of furan rings is 1. The smallest absolute Gasteiger partial charge is 0.337 e. The summed E-state index contributed by atoms with van der Waals surface area (Å²) in [6.45, 7) is 1.82. The molecule has 0 saturated carbocycles. The number of aryl methyl sites for hydroxylation is 1. The van der Waals surface area contributed by atoms with E-state index in [0.717, 1.165) is 5.56 Å². The average molecular weight is 479 g/mol. The van der Waals surface area contributed by atoms with E-state index in [4.69, 9.17) is 9.15 Å². The second-order valence-corrected chi connectivity index (χ2v) is 9.38. The first-order valence-corrected chi connectivity index (χ1v) is 11.8. The van der Waals surface area contributed by atoms with Crippen LogP contribution in [0.4, 0.5) is 5.69 Å². The molecule has 0 saturated heterocycles. The van der Waals surface area contributed by atoms with Crippen LogP contribution >= 0.6 is 0 Å². The second-order valence-electron chi connectivity index (χ2n) is 7.52. The van der Waals surface area contributed by atoms with Crippen LogP contribution in [0.3, 0.4) is 0 Å². The van der Waals surface area contributed by atoms with Crippen molar-refractivity contribution in [3.05, 3.63) is 89.8 Å². The van der Waals surface area contributed by atoms with Crippen LogP contribution in [0.15, 0.2) is 87.5 Å². The van der Waals surface area contributed by atoms with Crippen LogP contribution in [0.25, 0.3) is 11.3 Å². The molecule has 0 bridgehead atoms. The van der Waals surface area contributed by atoms with Gasteiger partial charge in [0.2, 0.25) is 9.84 Å². The van der Waals surface area contributed by atoms with Crippen LogP contribution in [0.5, 0.6) is 5.75 Å². The Balaban J connectivity index is 1.73. The molecule has 0 aliphatic rings. The van der Waals surface area contributed by atoms with Gasteiger partial charge < -0.3 is 19.6 Å². The van der Waals surface area contributed by atoms with Crippen molar-refractivity contribution in [2.75, 3.05) is 12.4 Å². The maximum atomic E-state index is 13.3.